The maximum absolute atomic E-state index is 12.3. The van der Waals surface area contributed by atoms with Crippen molar-refractivity contribution >= 4 is 12.0 Å². The topological polar surface area (TPSA) is 60.9 Å². The van der Waals surface area contributed by atoms with Crippen LogP contribution in [0.25, 0.3) is 0 Å². The fourth-order valence-corrected chi connectivity index (χ4v) is 1.92. The molecule has 0 atom stereocenters. The number of rotatable bonds is 8. The minimum Gasteiger partial charge on any atom is -0.481 e. The summed E-state index contributed by atoms with van der Waals surface area (Å²) < 4.78 is 0. The second-order valence-electron chi connectivity index (χ2n) is 5.89. The molecule has 0 aromatic heterocycles. The summed E-state index contributed by atoms with van der Waals surface area (Å²) in [5.41, 5.74) is 0. The van der Waals surface area contributed by atoms with Crippen molar-refractivity contribution in [3.05, 3.63) is 0 Å². The van der Waals surface area contributed by atoms with Gasteiger partial charge in [0.25, 0.3) is 0 Å². The number of hydrogen-bond donors (Lipinski definition) is 1. The third kappa shape index (κ3) is 8.46. The van der Waals surface area contributed by atoms with E-state index in [9.17, 15) is 9.59 Å². The largest absolute Gasteiger partial charge is 0.481 e. The Morgan fingerprint density at radius 1 is 1.05 bits per heavy atom. The van der Waals surface area contributed by atoms with E-state index in [4.69, 9.17) is 5.11 Å². The molecule has 1 N–H and O–H groups in total. The van der Waals surface area contributed by atoms with E-state index in [2.05, 4.69) is 27.7 Å². The number of carbonyl (C=O) groups excluding carboxylic acids is 1. The normalized spacial score (nSPS) is 10.9. The number of aliphatic carboxylic acids is 1. The molecule has 0 bridgehead atoms. The summed E-state index contributed by atoms with van der Waals surface area (Å²) in [4.78, 5) is 26.2. The van der Waals surface area contributed by atoms with E-state index in [-0.39, 0.29) is 12.5 Å². The Morgan fingerprint density at radius 3 is 1.89 bits per heavy atom. The van der Waals surface area contributed by atoms with Crippen LogP contribution < -0.4 is 0 Å². The molecule has 0 unspecified atom stereocenters. The van der Waals surface area contributed by atoms with E-state index >= 15 is 0 Å². The smallest absolute Gasteiger partial charge is 0.319 e. The first kappa shape index (κ1) is 17.7. The fourth-order valence-electron chi connectivity index (χ4n) is 1.92. The molecule has 0 aliphatic heterocycles. The number of carboxylic acid groups (broad SMARTS) is 1. The molecule has 112 valence electrons. The summed E-state index contributed by atoms with van der Waals surface area (Å²) in [5.74, 6) is 0.0345. The first-order valence-electron chi connectivity index (χ1n) is 6.95. The number of carbonyl (C=O) groups is 2. The lowest BCUT2D eigenvalue weighted by atomic mass is 10.1. The minimum atomic E-state index is -0.818. The monoisotopic (exact) mass is 272 g/mol. The Kier molecular flexibility index (Phi) is 8.19. The molecular weight excluding hydrogens is 244 g/mol. The number of nitrogens with zero attached hydrogens (tertiary/aromatic N) is 2. The lowest BCUT2D eigenvalue weighted by molar-refractivity contribution is -0.137. The molecule has 0 spiro atoms. The van der Waals surface area contributed by atoms with E-state index in [0.29, 0.717) is 24.8 Å². The Hall–Kier alpha value is -1.26. The van der Waals surface area contributed by atoms with Crippen molar-refractivity contribution in [1.82, 2.24) is 9.80 Å². The van der Waals surface area contributed by atoms with Crippen LogP contribution in [0, 0.1) is 11.8 Å². The molecule has 0 aliphatic rings. The summed E-state index contributed by atoms with van der Waals surface area (Å²) in [5, 5.41) is 8.60. The number of amides is 2. The summed E-state index contributed by atoms with van der Waals surface area (Å²) in [7, 11) is 1.73. The fraction of sp³-hybridized carbons (Fsp3) is 0.857. The summed E-state index contributed by atoms with van der Waals surface area (Å²) in [6.45, 7) is 10.3. The Bertz CT molecular complexity index is 280. The molecule has 0 aromatic carbocycles. The van der Waals surface area contributed by atoms with Crippen LogP contribution in [0.2, 0.25) is 0 Å². The summed E-state index contributed by atoms with van der Waals surface area (Å²) in [6, 6.07) is -0.00668. The lowest BCUT2D eigenvalue weighted by Crippen LogP contribution is -2.44. The second kappa shape index (κ2) is 8.77. The van der Waals surface area contributed by atoms with Gasteiger partial charge in [-0.1, -0.05) is 27.7 Å². The first-order valence-corrected chi connectivity index (χ1v) is 6.95. The molecule has 5 nitrogen and oxygen atoms in total. The quantitative estimate of drug-likeness (QED) is 0.738. The molecule has 19 heavy (non-hydrogen) atoms. The SMILES string of the molecule is CC(C)CN(CC(C)C)C(=O)N(C)CCCC(=O)O. The van der Waals surface area contributed by atoms with Crippen LogP contribution in [0.3, 0.4) is 0 Å². The average Bonchev–Trinajstić information content (AvgIpc) is 2.25. The molecule has 0 heterocycles. The van der Waals surface area contributed by atoms with Crippen molar-refractivity contribution in [1.29, 1.82) is 0 Å². The molecule has 0 rings (SSSR count). The molecule has 0 fully saturated rings. The molecule has 0 aliphatic carbocycles. The van der Waals surface area contributed by atoms with E-state index in [1.54, 1.807) is 11.9 Å². The number of carboxylic acids is 1. The van der Waals surface area contributed by atoms with Gasteiger partial charge in [0.15, 0.2) is 0 Å². The zero-order valence-electron chi connectivity index (χ0n) is 12.8. The highest BCUT2D eigenvalue weighted by atomic mass is 16.4. The van der Waals surface area contributed by atoms with Crippen LogP contribution >= 0.6 is 0 Å². The predicted molar refractivity (Wildman–Crippen MR) is 76.1 cm³/mol. The zero-order valence-corrected chi connectivity index (χ0v) is 12.8. The second-order valence-corrected chi connectivity index (χ2v) is 5.89. The summed E-state index contributed by atoms with van der Waals surface area (Å²) in [6.07, 6.45) is 0.598. The van der Waals surface area contributed by atoms with E-state index in [0.717, 1.165) is 13.1 Å². The summed E-state index contributed by atoms with van der Waals surface area (Å²) >= 11 is 0. The van der Waals surface area contributed by atoms with Gasteiger partial charge >= 0.3 is 12.0 Å². The van der Waals surface area contributed by atoms with Crippen LogP contribution in [-0.4, -0.2) is 53.6 Å². The van der Waals surface area contributed by atoms with Crippen molar-refractivity contribution in [2.75, 3.05) is 26.7 Å². The van der Waals surface area contributed by atoms with Crippen molar-refractivity contribution in [2.45, 2.75) is 40.5 Å². The van der Waals surface area contributed by atoms with Crippen LogP contribution in [0.1, 0.15) is 40.5 Å². The standard InChI is InChI=1S/C14H28N2O3/c1-11(2)9-16(10-12(3)4)14(19)15(5)8-6-7-13(17)18/h11-12H,6-10H2,1-5H3,(H,17,18). The molecule has 2 amide bonds. The molecule has 0 aromatic rings. The molecule has 5 heteroatoms. The van der Waals surface area contributed by atoms with Crippen molar-refractivity contribution in [3.8, 4) is 0 Å². The Labute approximate surface area is 116 Å². The molecule has 0 saturated carbocycles. The van der Waals surface area contributed by atoms with Gasteiger partial charge in [-0.05, 0) is 18.3 Å². The van der Waals surface area contributed by atoms with Crippen LogP contribution in [0.5, 0.6) is 0 Å². The van der Waals surface area contributed by atoms with Gasteiger partial charge in [-0.3, -0.25) is 4.79 Å². The van der Waals surface area contributed by atoms with E-state index in [1.807, 2.05) is 4.90 Å². The highest BCUT2D eigenvalue weighted by Crippen LogP contribution is 2.07. The highest BCUT2D eigenvalue weighted by Gasteiger charge is 2.19. The van der Waals surface area contributed by atoms with Gasteiger partial charge in [-0.2, -0.15) is 0 Å². The highest BCUT2D eigenvalue weighted by molar-refractivity contribution is 5.74. The average molecular weight is 272 g/mol. The Morgan fingerprint density at radius 2 is 1.53 bits per heavy atom. The van der Waals surface area contributed by atoms with Crippen LogP contribution in [0.15, 0.2) is 0 Å². The zero-order chi connectivity index (χ0) is 15.0. The predicted octanol–water partition coefficient (Wildman–Crippen LogP) is 2.52. The third-order valence-corrected chi connectivity index (χ3v) is 2.65. The van der Waals surface area contributed by atoms with Gasteiger partial charge in [-0.15, -0.1) is 0 Å². The first-order chi connectivity index (χ1) is 8.73. The van der Waals surface area contributed by atoms with Gasteiger partial charge in [0.05, 0.1) is 0 Å². The number of hydrogen-bond acceptors (Lipinski definition) is 2. The molecule has 0 saturated heterocycles. The van der Waals surface area contributed by atoms with E-state index in [1.165, 1.54) is 0 Å². The third-order valence-electron chi connectivity index (χ3n) is 2.65. The van der Waals surface area contributed by atoms with Gasteiger partial charge in [0, 0.05) is 33.1 Å². The number of urea groups is 1. The van der Waals surface area contributed by atoms with Crippen LogP contribution in [0.4, 0.5) is 4.79 Å². The van der Waals surface area contributed by atoms with Gasteiger partial charge < -0.3 is 14.9 Å². The van der Waals surface area contributed by atoms with E-state index < -0.39 is 5.97 Å². The maximum Gasteiger partial charge on any atom is 0.319 e. The molecule has 0 radical (unpaired) electrons. The maximum atomic E-state index is 12.3. The van der Waals surface area contributed by atoms with Crippen LogP contribution in [-0.2, 0) is 4.79 Å². The van der Waals surface area contributed by atoms with Gasteiger partial charge in [0.1, 0.15) is 0 Å². The van der Waals surface area contributed by atoms with Crippen molar-refractivity contribution in [2.24, 2.45) is 11.8 Å². The van der Waals surface area contributed by atoms with Gasteiger partial charge in [-0.25, -0.2) is 4.79 Å². The van der Waals surface area contributed by atoms with Crippen molar-refractivity contribution in [3.63, 3.8) is 0 Å². The van der Waals surface area contributed by atoms with Gasteiger partial charge in [0.2, 0.25) is 0 Å². The minimum absolute atomic E-state index is 0.00668. The Balaban J connectivity index is 4.38. The van der Waals surface area contributed by atoms with Crippen molar-refractivity contribution < 1.29 is 14.7 Å². The lowest BCUT2D eigenvalue weighted by Gasteiger charge is -2.30. The molecular formula is C14H28N2O3.